The Bertz CT molecular complexity index is 457. The maximum atomic E-state index is 4.56. The number of anilines is 1. The van der Waals surface area contributed by atoms with Crippen LogP contribution in [0.2, 0.25) is 0 Å². The van der Waals surface area contributed by atoms with E-state index in [0.717, 1.165) is 34.4 Å². The number of hydrogen-bond acceptors (Lipinski definition) is 3. The predicted octanol–water partition coefficient (Wildman–Crippen LogP) is 4.21. The van der Waals surface area contributed by atoms with Gasteiger partial charge < -0.3 is 10.2 Å². The molecule has 1 unspecified atom stereocenters. The molecule has 1 saturated heterocycles. The Kier molecular flexibility index (Phi) is 5.49. The van der Waals surface area contributed by atoms with Gasteiger partial charge in [-0.3, -0.25) is 0 Å². The molecule has 0 radical (unpaired) electrons. The Hall–Kier alpha value is -0.130. The Morgan fingerprint density at radius 3 is 2.80 bits per heavy atom. The van der Waals surface area contributed by atoms with Crippen molar-refractivity contribution in [1.82, 2.24) is 10.3 Å². The number of nitrogens with one attached hydrogen (secondary N) is 1. The minimum absolute atomic E-state index is 0.193. The fourth-order valence-electron chi connectivity index (χ4n) is 2.51. The molecule has 1 fully saturated rings. The summed E-state index contributed by atoms with van der Waals surface area (Å²) in [6.45, 7) is 9.92. The normalized spacial score (nSPS) is 20.2. The summed E-state index contributed by atoms with van der Waals surface area (Å²) in [5, 5.41) is 3.62. The van der Waals surface area contributed by atoms with Crippen LogP contribution in [0.3, 0.4) is 0 Å². The lowest BCUT2D eigenvalue weighted by Gasteiger charge is -2.35. The summed E-state index contributed by atoms with van der Waals surface area (Å²) < 4.78 is 2.08. The van der Waals surface area contributed by atoms with Gasteiger partial charge in [0.1, 0.15) is 5.82 Å². The van der Waals surface area contributed by atoms with Crippen LogP contribution in [0.5, 0.6) is 0 Å². The highest BCUT2D eigenvalue weighted by Gasteiger charge is 2.23. The van der Waals surface area contributed by atoms with Gasteiger partial charge in [-0.05, 0) is 77.5 Å². The molecule has 1 N–H and O–H groups in total. The van der Waals surface area contributed by atoms with Crippen molar-refractivity contribution in [1.29, 1.82) is 0 Å². The Morgan fingerprint density at radius 2 is 2.15 bits per heavy atom. The van der Waals surface area contributed by atoms with Gasteiger partial charge in [-0.15, -0.1) is 0 Å². The molecule has 0 spiro atoms. The largest absolute Gasteiger partial charge is 0.355 e. The number of halogens is 2. The van der Waals surface area contributed by atoms with E-state index in [1.165, 1.54) is 12.8 Å². The molecular weight excluding hydrogens is 382 g/mol. The standard InChI is InChI=1S/C15H23Br2N3/c1-15(2,3)19-8-11-5-4-6-20(10-11)14-13(17)7-12(16)9-18-14/h7,9,11,19H,4-6,8,10H2,1-3H3. The predicted molar refractivity (Wildman–Crippen MR) is 92.3 cm³/mol. The highest BCUT2D eigenvalue weighted by Crippen LogP contribution is 2.30. The van der Waals surface area contributed by atoms with E-state index < -0.39 is 0 Å². The third-order valence-corrected chi connectivity index (χ3v) is 4.55. The molecule has 1 aromatic heterocycles. The zero-order valence-electron chi connectivity index (χ0n) is 12.4. The monoisotopic (exact) mass is 403 g/mol. The van der Waals surface area contributed by atoms with Crippen LogP contribution >= 0.6 is 31.9 Å². The van der Waals surface area contributed by atoms with Crippen molar-refractivity contribution >= 4 is 37.7 Å². The molecule has 0 aliphatic carbocycles. The van der Waals surface area contributed by atoms with Crippen LogP contribution in [0.15, 0.2) is 21.2 Å². The Labute approximate surface area is 138 Å². The van der Waals surface area contributed by atoms with E-state index in [9.17, 15) is 0 Å². The van der Waals surface area contributed by atoms with Gasteiger partial charge in [-0.2, -0.15) is 0 Å². The molecule has 1 aliphatic rings. The second-order valence-electron chi connectivity index (χ2n) is 6.54. The van der Waals surface area contributed by atoms with Gasteiger partial charge in [0, 0.05) is 35.8 Å². The maximum absolute atomic E-state index is 4.56. The van der Waals surface area contributed by atoms with E-state index in [2.05, 4.69) is 73.9 Å². The summed E-state index contributed by atoms with van der Waals surface area (Å²) in [5.74, 6) is 1.76. The minimum atomic E-state index is 0.193. The average molecular weight is 405 g/mol. The van der Waals surface area contributed by atoms with Gasteiger partial charge in [0.2, 0.25) is 0 Å². The number of pyridine rings is 1. The summed E-state index contributed by atoms with van der Waals surface area (Å²) in [7, 11) is 0. The molecule has 0 bridgehead atoms. The summed E-state index contributed by atoms with van der Waals surface area (Å²) >= 11 is 7.08. The Morgan fingerprint density at radius 1 is 1.40 bits per heavy atom. The first-order valence-corrected chi connectivity index (χ1v) is 8.75. The van der Waals surface area contributed by atoms with Crippen LogP contribution in [0.25, 0.3) is 0 Å². The van der Waals surface area contributed by atoms with E-state index in [1.54, 1.807) is 0 Å². The lowest BCUT2D eigenvalue weighted by atomic mass is 9.96. The first kappa shape index (κ1) is 16.2. The highest BCUT2D eigenvalue weighted by atomic mass is 79.9. The van der Waals surface area contributed by atoms with E-state index in [1.807, 2.05) is 6.20 Å². The lowest BCUT2D eigenvalue weighted by molar-refractivity contribution is 0.334. The third kappa shape index (κ3) is 4.71. The number of aromatic nitrogens is 1. The molecule has 0 aromatic carbocycles. The van der Waals surface area contributed by atoms with Gasteiger partial charge in [0.15, 0.2) is 0 Å². The van der Waals surface area contributed by atoms with Gasteiger partial charge >= 0.3 is 0 Å². The zero-order chi connectivity index (χ0) is 14.8. The van der Waals surface area contributed by atoms with Gasteiger partial charge in [0.05, 0.1) is 4.47 Å². The van der Waals surface area contributed by atoms with Crippen LogP contribution in [0.4, 0.5) is 5.82 Å². The van der Waals surface area contributed by atoms with Crippen molar-refractivity contribution in [3.63, 3.8) is 0 Å². The van der Waals surface area contributed by atoms with Crippen LogP contribution < -0.4 is 10.2 Å². The quantitative estimate of drug-likeness (QED) is 0.817. The van der Waals surface area contributed by atoms with Crippen molar-refractivity contribution in [3.05, 3.63) is 21.2 Å². The van der Waals surface area contributed by atoms with Crippen molar-refractivity contribution in [3.8, 4) is 0 Å². The SMILES string of the molecule is CC(C)(C)NCC1CCCN(c2ncc(Br)cc2Br)C1. The summed E-state index contributed by atoms with van der Waals surface area (Å²) in [5.41, 5.74) is 0.193. The zero-order valence-corrected chi connectivity index (χ0v) is 15.6. The average Bonchev–Trinajstić information content (AvgIpc) is 2.36. The topological polar surface area (TPSA) is 28.2 Å². The number of nitrogens with zero attached hydrogens (tertiary/aromatic N) is 2. The molecule has 112 valence electrons. The van der Waals surface area contributed by atoms with Crippen molar-refractivity contribution in [2.75, 3.05) is 24.5 Å². The number of piperidine rings is 1. The molecule has 0 amide bonds. The van der Waals surface area contributed by atoms with Gasteiger partial charge in [0.25, 0.3) is 0 Å². The van der Waals surface area contributed by atoms with Gasteiger partial charge in [-0.25, -0.2) is 4.98 Å². The maximum Gasteiger partial charge on any atom is 0.142 e. The highest BCUT2D eigenvalue weighted by molar-refractivity contribution is 9.11. The van der Waals surface area contributed by atoms with Crippen molar-refractivity contribution in [2.24, 2.45) is 5.92 Å². The van der Waals surface area contributed by atoms with Gasteiger partial charge in [-0.1, -0.05) is 0 Å². The fraction of sp³-hybridized carbons (Fsp3) is 0.667. The molecule has 5 heteroatoms. The smallest absolute Gasteiger partial charge is 0.142 e. The second kappa shape index (κ2) is 6.75. The van der Waals surface area contributed by atoms with Crippen molar-refractivity contribution < 1.29 is 0 Å². The molecule has 1 atom stereocenters. The molecule has 0 saturated carbocycles. The molecule has 2 rings (SSSR count). The molecule has 1 aliphatic heterocycles. The molecule has 3 nitrogen and oxygen atoms in total. The second-order valence-corrected chi connectivity index (χ2v) is 8.31. The molecule has 1 aromatic rings. The summed E-state index contributed by atoms with van der Waals surface area (Å²) in [4.78, 5) is 6.95. The fourth-order valence-corrected chi connectivity index (χ4v) is 3.75. The first-order chi connectivity index (χ1) is 9.35. The van der Waals surface area contributed by atoms with E-state index in [-0.39, 0.29) is 5.54 Å². The van der Waals surface area contributed by atoms with Crippen LogP contribution in [0, 0.1) is 5.92 Å². The van der Waals surface area contributed by atoms with Crippen LogP contribution in [0.1, 0.15) is 33.6 Å². The van der Waals surface area contributed by atoms with E-state index >= 15 is 0 Å². The summed E-state index contributed by atoms with van der Waals surface area (Å²) in [6.07, 6.45) is 4.41. The molecule has 2 heterocycles. The summed E-state index contributed by atoms with van der Waals surface area (Å²) in [6, 6.07) is 2.07. The molecular formula is C15H23Br2N3. The van der Waals surface area contributed by atoms with Crippen LogP contribution in [-0.2, 0) is 0 Å². The minimum Gasteiger partial charge on any atom is -0.355 e. The molecule has 20 heavy (non-hydrogen) atoms. The first-order valence-electron chi connectivity index (χ1n) is 7.16. The van der Waals surface area contributed by atoms with E-state index in [4.69, 9.17) is 0 Å². The third-order valence-electron chi connectivity index (χ3n) is 3.53. The van der Waals surface area contributed by atoms with Crippen molar-refractivity contribution in [2.45, 2.75) is 39.2 Å². The lowest BCUT2D eigenvalue weighted by Crippen LogP contribution is -2.45. The number of hydrogen-bond donors (Lipinski definition) is 1. The number of rotatable bonds is 3. The van der Waals surface area contributed by atoms with E-state index in [0.29, 0.717) is 5.92 Å². The Balaban J connectivity index is 1.99. The van der Waals surface area contributed by atoms with Crippen LogP contribution in [-0.4, -0.2) is 30.2 Å².